The Morgan fingerprint density at radius 2 is 1.82 bits per heavy atom. The van der Waals surface area contributed by atoms with Crippen LogP contribution in [0.5, 0.6) is 0 Å². The highest BCUT2D eigenvalue weighted by Gasteiger charge is 2.12. The van der Waals surface area contributed by atoms with Gasteiger partial charge in [-0.15, -0.1) is 0 Å². The van der Waals surface area contributed by atoms with Gasteiger partial charge in [0, 0.05) is 16.7 Å². The summed E-state index contributed by atoms with van der Waals surface area (Å²) in [7, 11) is 0. The van der Waals surface area contributed by atoms with Gasteiger partial charge in [0.15, 0.2) is 0 Å². The largest absolute Gasteiger partial charge is 0.348 e. The molecule has 17 heavy (non-hydrogen) atoms. The summed E-state index contributed by atoms with van der Waals surface area (Å²) >= 11 is 3.29. The smallest absolute Gasteiger partial charge is 0.313 e. The second-order valence-electron chi connectivity index (χ2n) is 3.57. The first-order valence-electron chi connectivity index (χ1n) is 5.48. The van der Waals surface area contributed by atoms with Crippen molar-refractivity contribution in [3.8, 4) is 0 Å². The number of hydrogen-bond acceptors (Lipinski definition) is 2. The predicted molar refractivity (Wildman–Crippen MR) is 70.7 cm³/mol. The lowest BCUT2D eigenvalue weighted by molar-refractivity contribution is -0.136. The molecule has 5 heteroatoms. The number of unbranched alkanes of at least 4 members (excludes halogenated alkanes) is 1. The molecule has 0 bridgehead atoms. The van der Waals surface area contributed by atoms with Gasteiger partial charge in [-0.2, -0.15) is 0 Å². The maximum Gasteiger partial charge on any atom is 0.313 e. The molecule has 0 radical (unpaired) electrons. The molecule has 0 aromatic heterocycles. The van der Waals surface area contributed by atoms with Crippen LogP contribution in [0.15, 0.2) is 28.7 Å². The number of carbonyl (C=O) groups excluding carboxylic acids is 2. The van der Waals surface area contributed by atoms with Crippen LogP contribution in [0.25, 0.3) is 0 Å². The van der Waals surface area contributed by atoms with Crippen LogP contribution in [-0.4, -0.2) is 18.4 Å². The maximum atomic E-state index is 11.5. The van der Waals surface area contributed by atoms with Gasteiger partial charge >= 0.3 is 11.8 Å². The topological polar surface area (TPSA) is 58.2 Å². The molecule has 4 nitrogen and oxygen atoms in total. The number of amides is 2. The molecule has 0 saturated heterocycles. The molecule has 1 aromatic carbocycles. The zero-order chi connectivity index (χ0) is 12.7. The number of hydrogen-bond donors (Lipinski definition) is 2. The fourth-order valence-electron chi connectivity index (χ4n) is 1.18. The number of rotatable bonds is 4. The highest BCUT2D eigenvalue weighted by Crippen LogP contribution is 2.13. The quantitative estimate of drug-likeness (QED) is 0.662. The highest BCUT2D eigenvalue weighted by molar-refractivity contribution is 9.10. The highest BCUT2D eigenvalue weighted by atomic mass is 79.9. The van der Waals surface area contributed by atoms with Crippen molar-refractivity contribution >= 4 is 33.4 Å². The third-order valence-electron chi connectivity index (χ3n) is 2.12. The van der Waals surface area contributed by atoms with E-state index in [1.165, 1.54) is 0 Å². The van der Waals surface area contributed by atoms with Crippen molar-refractivity contribution in [3.05, 3.63) is 28.7 Å². The normalized spacial score (nSPS) is 9.76. The summed E-state index contributed by atoms with van der Waals surface area (Å²) in [5, 5.41) is 5.08. The van der Waals surface area contributed by atoms with E-state index in [-0.39, 0.29) is 0 Å². The third-order valence-corrected chi connectivity index (χ3v) is 2.65. The Morgan fingerprint density at radius 1 is 1.18 bits per heavy atom. The fraction of sp³-hybridized carbons (Fsp3) is 0.333. The van der Waals surface area contributed by atoms with Crippen LogP contribution in [0.2, 0.25) is 0 Å². The first kappa shape index (κ1) is 13.7. The van der Waals surface area contributed by atoms with Crippen LogP contribution in [0.3, 0.4) is 0 Å². The number of carbonyl (C=O) groups is 2. The molecule has 1 aromatic rings. The van der Waals surface area contributed by atoms with Crippen molar-refractivity contribution in [2.24, 2.45) is 0 Å². The molecule has 0 aliphatic heterocycles. The van der Waals surface area contributed by atoms with Crippen molar-refractivity contribution in [3.63, 3.8) is 0 Å². The van der Waals surface area contributed by atoms with Gasteiger partial charge in [0.1, 0.15) is 0 Å². The third kappa shape index (κ3) is 4.99. The van der Waals surface area contributed by atoms with E-state index in [9.17, 15) is 9.59 Å². The van der Waals surface area contributed by atoms with E-state index in [1.807, 2.05) is 6.92 Å². The molecular weight excluding hydrogens is 284 g/mol. The Hall–Kier alpha value is -1.36. The zero-order valence-electron chi connectivity index (χ0n) is 9.63. The first-order chi connectivity index (χ1) is 8.13. The van der Waals surface area contributed by atoms with Crippen molar-refractivity contribution in [1.82, 2.24) is 5.32 Å². The van der Waals surface area contributed by atoms with E-state index >= 15 is 0 Å². The SMILES string of the molecule is CCCCNC(=O)C(=O)Nc1ccc(Br)cc1. The average Bonchev–Trinajstić information content (AvgIpc) is 2.32. The Kier molecular flexibility index (Phi) is 5.69. The van der Waals surface area contributed by atoms with E-state index in [4.69, 9.17) is 0 Å². The molecule has 2 N–H and O–H groups in total. The molecule has 2 amide bonds. The van der Waals surface area contributed by atoms with Crippen molar-refractivity contribution < 1.29 is 9.59 Å². The number of anilines is 1. The van der Waals surface area contributed by atoms with E-state index < -0.39 is 11.8 Å². The maximum absolute atomic E-state index is 11.5. The van der Waals surface area contributed by atoms with Crippen molar-refractivity contribution in [2.45, 2.75) is 19.8 Å². The monoisotopic (exact) mass is 298 g/mol. The standard InChI is InChI=1S/C12H15BrN2O2/c1-2-3-8-14-11(16)12(17)15-10-6-4-9(13)5-7-10/h4-7H,2-3,8H2,1H3,(H,14,16)(H,15,17). The van der Waals surface area contributed by atoms with Crippen LogP contribution >= 0.6 is 15.9 Å². The van der Waals surface area contributed by atoms with Crippen LogP contribution in [0.4, 0.5) is 5.69 Å². The summed E-state index contributed by atoms with van der Waals surface area (Å²) in [6.07, 6.45) is 1.85. The molecule has 0 fully saturated rings. The second-order valence-corrected chi connectivity index (χ2v) is 4.49. The van der Waals surface area contributed by atoms with Gasteiger partial charge in [-0.05, 0) is 30.7 Å². The molecule has 0 spiro atoms. The molecule has 1 rings (SSSR count). The molecule has 0 heterocycles. The molecular formula is C12H15BrN2O2. The Balaban J connectivity index is 2.43. The minimum Gasteiger partial charge on any atom is -0.348 e. The Morgan fingerprint density at radius 3 is 2.41 bits per heavy atom. The molecule has 0 unspecified atom stereocenters. The lowest BCUT2D eigenvalue weighted by Gasteiger charge is -2.05. The van der Waals surface area contributed by atoms with Crippen LogP contribution in [0.1, 0.15) is 19.8 Å². The number of benzene rings is 1. The minimum absolute atomic E-state index is 0.531. The predicted octanol–water partition coefficient (Wildman–Crippen LogP) is 2.30. The van der Waals surface area contributed by atoms with E-state index in [0.29, 0.717) is 12.2 Å². The molecule has 0 aliphatic rings. The summed E-state index contributed by atoms with van der Waals surface area (Å²) in [5.41, 5.74) is 0.601. The van der Waals surface area contributed by atoms with Gasteiger partial charge in [0.05, 0.1) is 0 Å². The molecule has 92 valence electrons. The fourth-order valence-corrected chi connectivity index (χ4v) is 1.44. The Labute approximate surface area is 109 Å². The summed E-state index contributed by atoms with van der Waals surface area (Å²) in [5.74, 6) is -1.23. The van der Waals surface area contributed by atoms with Crippen LogP contribution in [0, 0.1) is 0 Å². The van der Waals surface area contributed by atoms with E-state index in [1.54, 1.807) is 24.3 Å². The number of halogens is 1. The summed E-state index contributed by atoms with van der Waals surface area (Å²) in [4.78, 5) is 22.8. The van der Waals surface area contributed by atoms with Crippen LogP contribution < -0.4 is 10.6 Å². The van der Waals surface area contributed by atoms with Crippen molar-refractivity contribution in [1.29, 1.82) is 0 Å². The van der Waals surface area contributed by atoms with Crippen LogP contribution in [-0.2, 0) is 9.59 Å². The van der Waals surface area contributed by atoms with Gasteiger partial charge in [0.2, 0.25) is 0 Å². The Bertz CT molecular complexity index is 390. The number of nitrogens with one attached hydrogen (secondary N) is 2. The van der Waals surface area contributed by atoms with Gasteiger partial charge in [-0.1, -0.05) is 29.3 Å². The van der Waals surface area contributed by atoms with Gasteiger partial charge in [0.25, 0.3) is 0 Å². The second kappa shape index (κ2) is 7.06. The summed E-state index contributed by atoms with van der Waals surface area (Å²) < 4.78 is 0.919. The van der Waals surface area contributed by atoms with Gasteiger partial charge in [-0.25, -0.2) is 0 Å². The minimum atomic E-state index is -0.636. The van der Waals surface area contributed by atoms with E-state index in [0.717, 1.165) is 17.3 Å². The van der Waals surface area contributed by atoms with Gasteiger partial charge in [-0.3, -0.25) is 9.59 Å². The average molecular weight is 299 g/mol. The lowest BCUT2D eigenvalue weighted by atomic mass is 10.3. The molecule has 0 aliphatic carbocycles. The zero-order valence-corrected chi connectivity index (χ0v) is 11.2. The van der Waals surface area contributed by atoms with E-state index in [2.05, 4.69) is 26.6 Å². The molecule has 0 atom stereocenters. The summed E-state index contributed by atoms with van der Waals surface area (Å²) in [6, 6.07) is 7.04. The van der Waals surface area contributed by atoms with Gasteiger partial charge < -0.3 is 10.6 Å². The molecule has 0 saturated carbocycles. The lowest BCUT2D eigenvalue weighted by Crippen LogP contribution is -2.35. The first-order valence-corrected chi connectivity index (χ1v) is 6.27. The van der Waals surface area contributed by atoms with Crippen molar-refractivity contribution in [2.75, 3.05) is 11.9 Å². The summed E-state index contributed by atoms with van der Waals surface area (Å²) in [6.45, 7) is 2.55.